The van der Waals surface area contributed by atoms with Gasteiger partial charge in [0, 0.05) is 0 Å². The van der Waals surface area contributed by atoms with Crippen molar-refractivity contribution in [1.29, 1.82) is 0 Å². The van der Waals surface area contributed by atoms with E-state index >= 15 is 0 Å². The first-order valence-corrected chi connectivity index (χ1v) is 12.5. The van der Waals surface area contributed by atoms with Gasteiger partial charge in [0.1, 0.15) is 0 Å². The third kappa shape index (κ3) is 4.84. The molecule has 0 fully saturated rings. The van der Waals surface area contributed by atoms with Gasteiger partial charge < -0.3 is 5.73 Å². The van der Waals surface area contributed by atoms with E-state index in [9.17, 15) is 27.0 Å². The van der Waals surface area contributed by atoms with Crippen molar-refractivity contribution < 1.29 is 31.7 Å². The predicted molar refractivity (Wildman–Crippen MR) is 125 cm³/mol. The van der Waals surface area contributed by atoms with E-state index in [0.29, 0.717) is 17.3 Å². The van der Waals surface area contributed by atoms with Crippen LogP contribution in [0.3, 0.4) is 0 Å². The summed E-state index contributed by atoms with van der Waals surface area (Å²) in [6.07, 6.45) is 0.567. The number of nitrogens with zero attached hydrogens (tertiary/aromatic N) is 3. The zero-order valence-electron chi connectivity index (χ0n) is 18.7. The second-order valence-corrected chi connectivity index (χ2v) is 10.6. The van der Waals surface area contributed by atoms with Gasteiger partial charge in [-0.2, -0.15) is 0 Å². The van der Waals surface area contributed by atoms with Crippen molar-refractivity contribution in [3.05, 3.63) is 53.7 Å². The summed E-state index contributed by atoms with van der Waals surface area (Å²) in [5, 5.41) is 5.99. The van der Waals surface area contributed by atoms with Gasteiger partial charge in [0.05, 0.1) is 0 Å². The number of nitrogens with one attached hydrogen (secondary N) is 1. The Bertz CT molecular complexity index is 1320. The van der Waals surface area contributed by atoms with Gasteiger partial charge in [-0.05, 0) is 0 Å². The summed E-state index contributed by atoms with van der Waals surface area (Å²) in [4.78, 5) is 38.4. The molecule has 0 unspecified atom stereocenters. The molecule has 1 aliphatic rings. The maximum absolute atomic E-state index is 13.8. The summed E-state index contributed by atoms with van der Waals surface area (Å²) >= 11 is 0. The molecule has 13 heteroatoms. The standard InChI is InChI=1S/C22H23F3N5O3P.FH/c1-2-10-29(12-18(31)27-11-14-6-5-9-17-21(14)34(17,23,24)25)19(32)13-30-16-8-4-3-7-15(16)20(28-30)22(26)33;/h3-9H,2,10-13H2,1H3,(H2,26,33)(H,27,31);1H. The van der Waals surface area contributed by atoms with E-state index in [2.05, 4.69) is 10.4 Å². The normalized spacial score (nSPS) is 15.7. The number of carbonyl (C=O) groups excluding carboxylic acids is 3. The molecule has 35 heavy (non-hydrogen) atoms. The maximum Gasteiger partial charge on any atom is -0.269 e. The van der Waals surface area contributed by atoms with Crippen LogP contribution >= 0.6 is 7.54 Å². The summed E-state index contributed by atoms with van der Waals surface area (Å²) in [6, 6.07) is 10.6. The number of primary amides is 1. The zero-order valence-corrected chi connectivity index (χ0v) is 19.6. The quantitative estimate of drug-likeness (QED) is 0.338. The third-order valence-electron chi connectivity index (χ3n) is 5.64. The van der Waals surface area contributed by atoms with Crippen molar-refractivity contribution in [1.82, 2.24) is 20.0 Å². The van der Waals surface area contributed by atoms with Crippen LogP contribution in [0.5, 0.6) is 0 Å². The molecule has 8 nitrogen and oxygen atoms in total. The van der Waals surface area contributed by atoms with Gasteiger partial charge in [-0.1, -0.05) is 18.2 Å². The number of fused-ring (bicyclic) bond motifs is 2. The predicted octanol–water partition coefficient (Wildman–Crippen LogP) is 2.31. The van der Waals surface area contributed by atoms with E-state index < -0.39 is 35.9 Å². The molecule has 0 atom stereocenters. The number of hydrogen-bond donors (Lipinski definition) is 2. The van der Waals surface area contributed by atoms with Crippen LogP contribution in [0.15, 0.2) is 42.5 Å². The van der Waals surface area contributed by atoms with Gasteiger partial charge >= 0.3 is 158 Å². The number of para-hydroxylation sites is 1. The first kappa shape index (κ1) is 26.1. The SMILES string of the molecule is CCCN(CC(=O)NCc1cccc2c1P2(F)(F)F)C(=O)Cn1nc(C(N)=O)c2ccccc21.F. The minimum absolute atomic E-state index is 0. The third-order valence-corrected chi connectivity index (χ3v) is 7.84. The maximum atomic E-state index is 13.8. The molecular formula is C22H24F4N5O3P. The topological polar surface area (TPSA) is 110 Å². The van der Waals surface area contributed by atoms with Crippen LogP contribution in [-0.2, 0) is 22.7 Å². The molecule has 0 saturated carbocycles. The van der Waals surface area contributed by atoms with Crippen LogP contribution in [-0.4, -0.2) is 45.5 Å². The minimum atomic E-state index is -6.38. The molecule has 3 aromatic rings. The van der Waals surface area contributed by atoms with E-state index in [1.165, 1.54) is 21.7 Å². The Morgan fingerprint density at radius 2 is 1.83 bits per heavy atom. The Kier molecular flexibility index (Phi) is 6.90. The molecule has 1 aromatic heterocycles. The molecule has 2 aromatic carbocycles. The molecule has 0 saturated heterocycles. The number of amides is 3. The fraction of sp³-hybridized carbons (Fsp3) is 0.273. The smallest absolute Gasteiger partial charge is 0.269 e. The molecule has 0 radical (unpaired) electrons. The Balaban J connectivity index is 0.00000342. The monoisotopic (exact) mass is 513 g/mol. The summed E-state index contributed by atoms with van der Waals surface area (Å²) < 4.78 is 42.9. The Morgan fingerprint density at radius 3 is 2.51 bits per heavy atom. The zero-order chi connectivity index (χ0) is 24.7. The second kappa shape index (κ2) is 9.26. The van der Waals surface area contributed by atoms with Crippen molar-refractivity contribution in [2.75, 3.05) is 13.1 Å². The first-order chi connectivity index (χ1) is 16.0. The number of nitrogens with two attached hydrogens (primary N) is 1. The molecule has 0 bridgehead atoms. The molecular weight excluding hydrogens is 489 g/mol. The van der Waals surface area contributed by atoms with E-state index in [-0.39, 0.29) is 42.1 Å². The van der Waals surface area contributed by atoms with Crippen LogP contribution in [0.1, 0.15) is 29.4 Å². The second-order valence-electron chi connectivity index (χ2n) is 8.08. The number of benzene rings is 2. The fourth-order valence-corrected chi connectivity index (χ4v) is 6.09. The Labute approximate surface area is 197 Å². The van der Waals surface area contributed by atoms with Crippen molar-refractivity contribution in [3.63, 3.8) is 0 Å². The van der Waals surface area contributed by atoms with E-state index in [1.54, 1.807) is 24.3 Å². The van der Waals surface area contributed by atoms with Gasteiger partial charge in [-0.25, -0.2) is 0 Å². The van der Waals surface area contributed by atoms with Crippen molar-refractivity contribution in [2.45, 2.75) is 26.4 Å². The minimum Gasteiger partial charge on any atom is -0.269 e. The van der Waals surface area contributed by atoms with Crippen LogP contribution in [0.4, 0.5) is 17.3 Å². The van der Waals surface area contributed by atoms with E-state index in [0.717, 1.165) is 6.07 Å². The van der Waals surface area contributed by atoms with Gasteiger partial charge in [0.2, 0.25) is 0 Å². The summed E-state index contributed by atoms with van der Waals surface area (Å²) in [5.41, 5.74) is 6.00. The average molecular weight is 513 g/mol. The van der Waals surface area contributed by atoms with Crippen molar-refractivity contribution >= 4 is 46.8 Å². The van der Waals surface area contributed by atoms with Gasteiger partial charge in [0.15, 0.2) is 0 Å². The van der Waals surface area contributed by atoms with Crippen LogP contribution in [0.25, 0.3) is 10.9 Å². The number of carbonyl (C=O) groups is 3. The van der Waals surface area contributed by atoms with Crippen molar-refractivity contribution in [3.8, 4) is 0 Å². The molecule has 3 N–H and O–H groups in total. The van der Waals surface area contributed by atoms with Gasteiger partial charge in [-0.3, -0.25) is 9.50 Å². The molecule has 2 heterocycles. The fourth-order valence-electron chi connectivity index (χ4n) is 4.01. The Morgan fingerprint density at radius 1 is 1.11 bits per heavy atom. The Hall–Kier alpha value is -3.53. The van der Waals surface area contributed by atoms with Crippen molar-refractivity contribution in [2.24, 2.45) is 5.73 Å². The largest absolute Gasteiger partial charge is 0.269 e. The number of hydrogen-bond acceptors (Lipinski definition) is 4. The van der Waals surface area contributed by atoms with Crippen LogP contribution in [0.2, 0.25) is 0 Å². The summed E-state index contributed by atoms with van der Waals surface area (Å²) in [7, 11) is -6.38. The van der Waals surface area contributed by atoms with E-state index in [4.69, 9.17) is 5.73 Å². The molecule has 0 aliphatic carbocycles. The summed E-state index contributed by atoms with van der Waals surface area (Å²) in [6.45, 7) is 1.30. The average Bonchev–Trinajstić information content (AvgIpc) is 3.09. The van der Waals surface area contributed by atoms with Gasteiger partial charge in [-0.15, -0.1) is 0 Å². The first-order valence-electron chi connectivity index (χ1n) is 10.6. The number of halogens is 4. The van der Waals surface area contributed by atoms with E-state index in [1.807, 2.05) is 6.92 Å². The molecule has 4 rings (SSSR count). The number of rotatable bonds is 9. The molecule has 3 amide bonds. The molecule has 188 valence electrons. The molecule has 0 spiro atoms. The summed E-state index contributed by atoms with van der Waals surface area (Å²) in [5.74, 6) is -1.72. The molecule has 1 aliphatic heterocycles. The number of aromatic nitrogens is 2. The van der Waals surface area contributed by atoms with Gasteiger partial charge in [0.25, 0.3) is 5.91 Å². The van der Waals surface area contributed by atoms with Crippen LogP contribution in [0, 0.1) is 0 Å². The van der Waals surface area contributed by atoms with Crippen LogP contribution < -0.4 is 21.7 Å².